The van der Waals surface area contributed by atoms with Crippen LogP contribution >= 0.6 is 12.2 Å². The molecule has 0 fully saturated rings. The molecule has 0 radical (unpaired) electrons. The van der Waals surface area contributed by atoms with E-state index in [9.17, 15) is 0 Å². The molecule has 0 spiro atoms. The Balaban J connectivity index is 2.93. The topological polar surface area (TPSA) is 61.0 Å². The molecule has 5 heteroatoms. The van der Waals surface area contributed by atoms with Crippen LogP contribution in [0.5, 0.6) is 6.01 Å². The Bertz CT molecular complexity index is 368. The summed E-state index contributed by atoms with van der Waals surface area (Å²) in [6, 6.07) is 2.08. The third-order valence-electron chi connectivity index (χ3n) is 1.97. The summed E-state index contributed by atoms with van der Waals surface area (Å²) in [5.41, 5.74) is 6.85. The summed E-state index contributed by atoms with van der Waals surface area (Å²) < 4.78 is 5.50. The zero-order valence-corrected chi connectivity index (χ0v) is 9.97. The lowest BCUT2D eigenvalue weighted by Gasteiger charge is -2.11. The maximum atomic E-state index is 5.50. The monoisotopic (exact) mass is 225 g/mol. The molecule has 4 nitrogen and oxygen atoms in total. The van der Waals surface area contributed by atoms with E-state index in [0.717, 1.165) is 12.1 Å². The molecule has 1 unspecified atom stereocenters. The molecule has 0 aliphatic rings. The van der Waals surface area contributed by atoms with Crippen molar-refractivity contribution in [3.05, 3.63) is 17.5 Å². The van der Waals surface area contributed by atoms with Gasteiger partial charge in [-0.3, -0.25) is 0 Å². The van der Waals surface area contributed by atoms with Gasteiger partial charge in [-0.25, -0.2) is 4.98 Å². The Kier molecular flexibility index (Phi) is 3.96. The average molecular weight is 225 g/mol. The molecular weight excluding hydrogens is 210 g/mol. The van der Waals surface area contributed by atoms with Crippen molar-refractivity contribution in [1.29, 1.82) is 0 Å². The van der Waals surface area contributed by atoms with Crippen LogP contribution in [0, 0.1) is 6.92 Å². The van der Waals surface area contributed by atoms with E-state index in [1.807, 2.05) is 20.8 Å². The Morgan fingerprint density at radius 3 is 2.80 bits per heavy atom. The normalized spacial score (nSPS) is 12.2. The van der Waals surface area contributed by atoms with E-state index in [1.165, 1.54) is 0 Å². The van der Waals surface area contributed by atoms with Crippen LogP contribution in [0.4, 0.5) is 0 Å². The van der Waals surface area contributed by atoms with E-state index in [-0.39, 0.29) is 11.1 Å². The van der Waals surface area contributed by atoms with Crippen LogP contribution in [0.15, 0.2) is 6.07 Å². The maximum Gasteiger partial charge on any atom is 0.317 e. The van der Waals surface area contributed by atoms with Gasteiger partial charge in [-0.2, -0.15) is 4.98 Å². The van der Waals surface area contributed by atoms with Crippen LogP contribution in [-0.4, -0.2) is 21.1 Å². The predicted octanol–water partition coefficient (Wildman–Crippen LogP) is 1.60. The summed E-state index contributed by atoms with van der Waals surface area (Å²) in [6.45, 7) is 5.86. The molecule has 82 valence electrons. The first-order valence-corrected chi connectivity index (χ1v) is 5.26. The first-order valence-electron chi connectivity index (χ1n) is 4.85. The number of ether oxygens (including phenoxy) is 1. The van der Waals surface area contributed by atoms with E-state index >= 15 is 0 Å². The fraction of sp³-hybridized carbons (Fsp3) is 0.500. The summed E-state index contributed by atoms with van der Waals surface area (Å²) in [6.07, 6.45) is 0.991. The molecule has 0 amide bonds. The van der Waals surface area contributed by atoms with E-state index in [0.29, 0.717) is 11.7 Å². The molecule has 1 aromatic heterocycles. The van der Waals surface area contributed by atoms with Gasteiger partial charge in [-0.1, -0.05) is 19.1 Å². The zero-order valence-electron chi connectivity index (χ0n) is 9.15. The molecule has 1 rings (SSSR count). The van der Waals surface area contributed by atoms with Gasteiger partial charge in [0.2, 0.25) is 0 Å². The minimum Gasteiger partial charge on any atom is -0.460 e. The smallest absolute Gasteiger partial charge is 0.317 e. The highest BCUT2D eigenvalue weighted by Crippen LogP contribution is 2.09. The molecule has 2 N–H and O–H groups in total. The fourth-order valence-corrected chi connectivity index (χ4v) is 1.09. The number of hydrogen-bond donors (Lipinski definition) is 1. The Labute approximate surface area is 94.9 Å². The molecule has 0 saturated heterocycles. The highest BCUT2D eigenvalue weighted by atomic mass is 32.1. The summed E-state index contributed by atoms with van der Waals surface area (Å²) in [7, 11) is 0. The standard InChI is InChI=1S/C10H15N3OS/c1-4-7(3)14-10-12-6(2)5-8(13-10)9(11)15/h5,7H,4H2,1-3H3,(H2,11,15). The number of nitrogens with zero attached hydrogens (tertiary/aromatic N) is 2. The highest BCUT2D eigenvalue weighted by molar-refractivity contribution is 7.80. The lowest BCUT2D eigenvalue weighted by Crippen LogP contribution is -2.16. The molecule has 1 aromatic rings. The van der Waals surface area contributed by atoms with Gasteiger partial charge in [-0.15, -0.1) is 0 Å². The quantitative estimate of drug-likeness (QED) is 0.789. The van der Waals surface area contributed by atoms with Crippen LogP contribution in [0.25, 0.3) is 0 Å². The number of thiocarbonyl (C=S) groups is 1. The molecule has 0 bridgehead atoms. The van der Waals surface area contributed by atoms with Crippen molar-refractivity contribution < 1.29 is 4.74 Å². The molecule has 1 atom stereocenters. The summed E-state index contributed by atoms with van der Waals surface area (Å²) in [4.78, 5) is 8.54. The van der Waals surface area contributed by atoms with Crippen molar-refractivity contribution in [2.24, 2.45) is 5.73 Å². The van der Waals surface area contributed by atoms with Gasteiger partial charge in [0.1, 0.15) is 10.7 Å². The Morgan fingerprint density at radius 2 is 2.27 bits per heavy atom. The van der Waals surface area contributed by atoms with Gasteiger partial charge in [0, 0.05) is 5.69 Å². The Hall–Kier alpha value is -1.23. The van der Waals surface area contributed by atoms with Crippen LogP contribution in [0.3, 0.4) is 0 Å². The first-order chi connectivity index (χ1) is 7.02. The van der Waals surface area contributed by atoms with Gasteiger partial charge in [-0.05, 0) is 26.3 Å². The minimum absolute atomic E-state index is 0.0889. The largest absolute Gasteiger partial charge is 0.460 e. The summed E-state index contributed by atoms with van der Waals surface area (Å²) in [5, 5.41) is 0. The number of nitrogens with two attached hydrogens (primary N) is 1. The molecule has 15 heavy (non-hydrogen) atoms. The lowest BCUT2D eigenvalue weighted by atomic mass is 10.3. The number of hydrogen-bond acceptors (Lipinski definition) is 4. The van der Waals surface area contributed by atoms with Crippen LogP contribution in [0.2, 0.25) is 0 Å². The number of rotatable bonds is 4. The van der Waals surface area contributed by atoms with Gasteiger partial charge in [0.25, 0.3) is 0 Å². The second kappa shape index (κ2) is 5.02. The second-order valence-electron chi connectivity index (χ2n) is 3.38. The van der Waals surface area contributed by atoms with E-state index in [4.69, 9.17) is 22.7 Å². The number of aromatic nitrogens is 2. The molecule has 0 aliphatic heterocycles. The average Bonchev–Trinajstić information content (AvgIpc) is 2.16. The maximum absolute atomic E-state index is 5.50. The molecule has 0 saturated carbocycles. The third kappa shape index (κ3) is 3.43. The van der Waals surface area contributed by atoms with Crippen LogP contribution in [-0.2, 0) is 0 Å². The van der Waals surface area contributed by atoms with Crippen LogP contribution in [0.1, 0.15) is 31.7 Å². The SMILES string of the molecule is CCC(C)Oc1nc(C)cc(C(N)=S)n1. The van der Waals surface area contributed by atoms with Crippen molar-refractivity contribution in [3.8, 4) is 6.01 Å². The second-order valence-corrected chi connectivity index (χ2v) is 3.82. The van der Waals surface area contributed by atoms with E-state index < -0.39 is 0 Å². The van der Waals surface area contributed by atoms with Gasteiger partial charge in [0.05, 0.1) is 6.10 Å². The number of aryl methyl sites for hydroxylation is 1. The molecule has 1 heterocycles. The highest BCUT2D eigenvalue weighted by Gasteiger charge is 2.08. The molecule has 0 aliphatic carbocycles. The predicted molar refractivity (Wildman–Crippen MR) is 63.0 cm³/mol. The van der Waals surface area contributed by atoms with Crippen molar-refractivity contribution in [2.45, 2.75) is 33.3 Å². The van der Waals surface area contributed by atoms with E-state index in [1.54, 1.807) is 6.07 Å². The molecule has 0 aromatic carbocycles. The third-order valence-corrected chi connectivity index (χ3v) is 2.18. The van der Waals surface area contributed by atoms with Crippen molar-refractivity contribution in [2.75, 3.05) is 0 Å². The Morgan fingerprint density at radius 1 is 1.60 bits per heavy atom. The van der Waals surface area contributed by atoms with Crippen LogP contribution < -0.4 is 10.5 Å². The zero-order chi connectivity index (χ0) is 11.4. The van der Waals surface area contributed by atoms with Gasteiger partial charge < -0.3 is 10.5 Å². The van der Waals surface area contributed by atoms with Crippen molar-refractivity contribution in [1.82, 2.24) is 9.97 Å². The molecular formula is C10H15N3OS. The summed E-state index contributed by atoms with van der Waals surface area (Å²) >= 11 is 4.86. The fourth-order valence-electron chi connectivity index (χ4n) is 0.984. The lowest BCUT2D eigenvalue weighted by molar-refractivity contribution is 0.198. The minimum atomic E-state index is 0.0889. The first kappa shape index (κ1) is 11.8. The van der Waals surface area contributed by atoms with Crippen molar-refractivity contribution >= 4 is 17.2 Å². The van der Waals surface area contributed by atoms with E-state index in [2.05, 4.69) is 9.97 Å². The summed E-state index contributed by atoms with van der Waals surface area (Å²) in [5.74, 6) is 0. The van der Waals surface area contributed by atoms with Gasteiger partial charge >= 0.3 is 6.01 Å². The van der Waals surface area contributed by atoms with Crippen molar-refractivity contribution in [3.63, 3.8) is 0 Å². The van der Waals surface area contributed by atoms with Gasteiger partial charge in [0.15, 0.2) is 0 Å².